The van der Waals surface area contributed by atoms with Gasteiger partial charge in [-0.1, -0.05) is 12.1 Å². The van der Waals surface area contributed by atoms with Gasteiger partial charge in [0.25, 0.3) is 17.7 Å². The molecule has 5 aliphatic rings. The minimum atomic E-state index is -1.09. The molecule has 4 saturated carbocycles. The van der Waals surface area contributed by atoms with E-state index in [4.69, 9.17) is 4.74 Å². The Balaban J connectivity index is 1.18. The summed E-state index contributed by atoms with van der Waals surface area (Å²) in [5.74, 6) is 0.00926. The van der Waals surface area contributed by atoms with Gasteiger partial charge in [0.2, 0.25) is 0 Å². The van der Waals surface area contributed by atoms with Gasteiger partial charge in [0.1, 0.15) is 6.04 Å². The molecule has 7 nitrogen and oxygen atoms in total. The molecular weight excluding hydrogens is 384 g/mol. The van der Waals surface area contributed by atoms with E-state index < -0.39 is 30.4 Å². The topological polar surface area (TPSA) is 92.8 Å². The van der Waals surface area contributed by atoms with Crippen molar-refractivity contribution in [1.82, 2.24) is 10.2 Å². The molecule has 1 atom stereocenters. The first-order valence-electron chi connectivity index (χ1n) is 10.8. The van der Waals surface area contributed by atoms with Gasteiger partial charge in [-0.3, -0.25) is 19.3 Å². The van der Waals surface area contributed by atoms with Crippen molar-refractivity contribution in [2.45, 2.75) is 57.0 Å². The summed E-state index contributed by atoms with van der Waals surface area (Å²) >= 11 is 0. The third-order valence-corrected chi connectivity index (χ3v) is 7.34. The smallest absolute Gasteiger partial charge is 0.329 e. The number of amides is 3. The van der Waals surface area contributed by atoms with E-state index in [2.05, 4.69) is 5.32 Å². The van der Waals surface area contributed by atoms with Crippen LogP contribution in [0.5, 0.6) is 0 Å². The molecule has 6 rings (SSSR count). The minimum absolute atomic E-state index is 0.146. The minimum Gasteiger partial charge on any atom is -0.454 e. The van der Waals surface area contributed by atoms with E-state index in [0.29, 0.717) is 17.8 Å². The molecule has 1 aromatic carbocycles. The Kier molecular flexibility index (Phi) is 4.45. The molecule has 4 fully saturated rings. The first-order valence-corrected chi connectivity index (χ1v) is 10.8. The summed E-state index contributed by atoms with van der Waals surface area (Å²) in [6, 6.07) is 5.38. The molecule has 7 heteroatoms. The predicted octanol–water partition coefficient (Wildman–Crippen LogP) is 2.30. The molecule has 0 spiro atoms. The van der Waals surface area contributed by atoms with Gasteiger partial charge in [-0.2, -0.15) is 0 Å². The van der Waals surface area contributed by atoms with Crippen molar-refractivity contribution in [1.29, 1.82) is 0 Å². The molecular formula is C23H26N2O5. The lowest BCUT2D eigenvalue weighted by Crippen LogP contribution is -2.60. The van der Waals surface area contributed by atoms with Gasteiger partial charge in [0.15, 0.2) is 6.61 Å². The SMILES string of the molecule is C[C@H](C(=O)OCC(=O)NC12CC3CC(CC(C3)C1)C2)N1C(=O)c2ccccc2C1=O. The largest absolute Gasteiger partial charge is 0.454 e. The van der Waals surface area contributed by atoms with Crippen molar-refractivity contribution < 1.29 is 23.9 Å². The number of esters is 1. The summed E-state index contributed by atoms with van der Waals surface area (Å²) in [6.45, 7) is 1.05. The summed E-state index contributed by atoms with van der Waals surface area (Å²) in [5.41, 5.74) is 0.412. The number of imide groups is 1. The summed E-state index contributed by atoms with van der Waals surface area (Å²) in [5, 5.41) is 3.16. The Bertz CT molecular complexity index is 869. The molecule has 4 bridgehead atoms. The molecule has 1 heterocycles. The molecule has 0 aromatic heterocycles. The Morgan fingerprint density at radius 3 is 2.03 bits per heavy atom. The van der Waals surface area contributed by atoms with Gasteiger partial charge < -0.3 is 10.1 Å². The lowest BCUT2D eigenvalue weighted by molar-refractivity contribution is -0.153. The van der Waals surface area contributed by atoms with E-state index in [-0.39, 0.29) is 22.6 Å². The van der Waals surface area contributed by atoms with E-state index in [9.17, 15) is 19.2 Å². The van der Waals surface area contributed by atoms with Crippen LogP contribution in [0.3, 0.4) is 0 Å². The van der Waals surface area contributed by atoms with Gasteiger partial charge in [0, 0.05) is 5.54 Å². The standard InChI is InChI=1S/C23H26N2O5/c1-13(25-20(27)17-4-2-3-5-18(17)21(25)28)22(29)30-12-19(26)24-23-9-14-6-15(10-23)8-16(7-14)11-23/h2-5,13-16H,6-12H2,1H3,(H,24,26)/t13-,14?,15?,16?,23?/m1/s1. The summed E-state index contributed by atoms with van der Waals surface area (Å²) in [7, 11) is 0. The van der Waals surface area contributed by atoms with E-state index >= 15 is 0 Å². The van der Waals surface area contributed by atoms with Crippen LogP contribution in [0, 0.1) is 17.8 Å². The number of benzene rings is 1. The molecule has 4 aliphatic carbocycles. The number of ether oxygens (including phenoxy) is 1. The molecule has 158 valence electrons. The van der Waals surface area contributed by atoms with Gasteiger partial charge in [-0.25, -0.2) is 4.79 Å². The van der Waals surface area contributed by atoms with Crippen molar-refractivity contribution in [3.05, 3.63) is 35.4 Å². The number of hydrogen-bond donors (Lipinski definition) is 1. The fraction of sp³-hybridized carbons (Fsp3) is 0.565. The molecule has 0 radical (unpaired) electrons. The highest BCUT2D eigenvalue weighted by atomic mass is 16.5. The zero-order chi connectivity index (χ0) is 21.0. The summed E-state index contributed by atoms with van der Waals surface area (Å²) in [6.07, 6.45) is 6.89. The average Bonchev–Trinajstić information content (AvgIpc) is 2.95. The molecule has 30 heavy (non-hydrogen) atoms. The number of nitrogens with zero attached hydrogens (tertiary/aromatic N) is 1. The molecule has 1 aromatic rings. The van der Waals surface area contributed by atoms with Crippen molar-refractivity contribution >= 4 is 23.7 Å². The Morgan fingerprint density at radius 1 is 1.03 bits per heavy atom. The molecule has 0 saturated heterocycles. The number of hydrogen-bond acceptors (Lipinski definition) is 5. The molecule has 3 amide bonds. The van der Waals surface area contributed by atoms with Crippen LogP contribution in [0.1, 0.15) is 66.2 Å². The van der Waals surface area contributed by atoms with Crippen LogP contribution in [0.2, 0.25) is 0 Å². The molecule has 1 N–H and O–H groups in total. The van der Waals surface area contributed by atoms with E-state index in [1.54, 1.807) is 24.3 Å². The van der Waals surface area contributed by atoms with Crippen LogP contribution in [-0.2, 0) is 14.3 Å². The average molecular weight is 410 g/mol. The van der Waals surface area contributed by atoms with Gasteiger partial charge in [-0.15, -0.1) is 0 Å². The fourth-order valence-corrected chi connectivity index (χ4v) is 6.52. The predicted molar refractivity (Wildman–Crippen MR) is 106 cm³/mol. The summed E-state index contributed by atoms with van der Waals surface area (Å²) < 4.78 is 5.19. The number of nitrogens with one attached hydrogen (secondary N) is 1. The van der Waals surface area contributed by atoms with Crippen molar-refractivity contribution in [3.8, 4) is 0 Å². The first kappa shape index (κ1) is 19.3. The van der Waals surface area contributed by atoms with Crippen molar-refractivity contribution in [3.63, 3.8) is 0 Å². The Morgan fingerprint density at radius 2 is 1.53 bits per heavy atom. The highest BCUT2D eigenvalue weighted by Gasteiger charge is 2.51. The van der Waals surface area contributed by atoms with E-state index in [1.807, 2.05) is 0 Å². The van der Waals surface area contributed by atoms with Crippen LogP contribution in [0.4, 0.5) is 0 Å². The lowest BCUT2D eigenvalue weighted by atomic mass is 9.53. The first-order chi connectivity index (χ1) is 14.3. The fourth-order valence-electron chi connectivity index (χ4n) is 6.52. The second-order valence-corrected chi connectivity index (χ2v) is 9.56. The third-order valence-electron chi connectivity index (χ3n) is 7.34. The molecule has 0 unspecified atom stereocenters. The van der Waals surface area contributed by atoms with Gasteiger partial charge >= 0.3 is 5.97 Å². The van der Waals surface area contributed by atoms with Gasteiger partial charge in [-0.05, 0) is 75.3 Å². The quantitative estimate of drug-likeness (QED) is 0.594. The van der Waals surface area contributed by atoms with Gasteiger partial charge in [0.05, 0.1) is 11.1 Å². The van der Waals surface area contributed by atoms with Crippen molar-refractivity contribution in [2.75, 3.05) is 6.61 Å². The zero-order valence-corrected chi connectivity index (χ0v) is 17.1. The maximum atomic E-state index is 12.5. The highest BCUT2D eigenvalue weighted by molar-refractivity contribution is 6.22. The van der Waals surface area contributed by atoms with Crippen LogP contribution < -0.4 is 5.32 Å². The third kappa shape index (κ3) is 3.11. The normalized spacial score (nSPS) is 32.2. The number of fused-ring (bicyclic) bond motifs is 1. The van der Waals surface area contributed by atoms with E-state index in [1.165, 1.54) is 26.2 Å². The van der Waals surface area contributed by atoms with Crippen LogP contribution in [0.15, 0.2) is 24.3 Å². The Labute approximate surface area is 175 Å². The Hall–Kier alpha value is -2.70. The molecule has 1 aliphatic heterocycles. The maximum Gasteiger partial charge on any atom is 0.329 e. The van der Waals surface area contributed by atoms with Crippen LogP contribution in [0.25, 0.3) is 0 Å². The van der Waals surface area contributed by atoms with Crippen LogP contribution >= 0.6 is 0 Å². The second-order valence-electron chi connectivity index (χ2n) is 9.56. The zero-order valence-electron chi connectivity index (χ0n) is 17.1. The highest BCUT2D eigenvalue weighted by Crippen LogP contribution is 2.55. The number of rotatable bonds is 5. The summed E-state index contributed by atoms with van der Waals surface area (Å²) in [4.78, 5) is 51.0. The lowest BCUT2D eigenvalue weighted by Gasteiger charge is -2.56. The monoisotopic (exact) mass is 410 g/mol. The number of carbonyl (C=O) groups is 4. The van der Waals surface area contributed by atoms with E-state index in [0.717, 1.165) is 24.2 Å². The van der Waals surface area contributed by atoms with Crippen LogP contribution in [-0.4, -0.2) is 46.8 Å². The number of carbonyl (C=O) groups excluding carboxylic acids is 4. The maximum absolute atomic E-state index is 12.5. The second kappa shape index (κ2) is 6.93. The van der Waals surface area contributed by atoms with Crippen molar-refractivity contribution in [2.24, 2.45) is 17.8 Å².